The predicted octanol–water partition coefficient (Wildman–Crippen LogP) is -1.10. The highest BCUT2D eigenvalue weighted by atomic mass is 16.4. The summed E-state index contributed by atoms with van der Waals surface area (Å²) in [5, 5.41) is 44.9. The molecule has 0 bridgehead atoms. The van der Waals surface area contributed by atoms with E-state index in [9.17, 15) is 44.4 Å². The van der Waals surface area contributed by atoms with Gasteiger partial charge in [0.2, 0.25) is 17.7 Å². The molecule has 9 N–H and O–H groups in total. The van der Waals surface area contributed by atoms with Crippen LogP contribution in [0.25, 0.3) is 0 Å². The molecular weight excluding hydrogens is 512 g/mol. The van der Waals surface area contributed by atoms with E-state index in [4.69, 9.17) is 5.73 Å². The molecule has 2 aromatic rings. The van der Waals surface area contributed by atoms with E-state index in [1.165, 1.54) is 31.2 Å². The lowest BCUT2D eigenvalue weighted by molar-refractivity contribution is -0.143. The van der Waals surface area contributed by atoms with Crippen LogP contribution < -0.4 is 21.7 Å². The molecule has 0 aliphatic rings. The number of hydrogen-bond donors (Lipinski definition) is 8. The number of aliphatic hydroxyl groups is 1. The number of hydrogen-bond acceptors (Lipinski definition) is 8. The zero-order chi connectivity index (χ0) is 29.1. The average molecular weight is 545 g/mol. The van der Waals surface area contributed by atoms with Crippen LogP contribution >= 0.6 is 0 Å². The second-order valence-corrected chi connectivity index (χ2v) is 8.95. The molecule has 3 amide bonds. The number of aliphatic hydroxyl groups excluding tert-OH is 1. The van der Waals surface area contributed by atoms with Crippen molar-refractivity contribution in [3.63, 3.8) is 0 Å². The first kappa shape index (κ1) is 30.7. The fraction of sp³-hybridized carbons (Fsp3) is 0.346. The van der Waals surface area contributed by atoms with E-state index in [2.05, 4.69) is 16.0 Å². The largest absolute Gasteiger partial charge is 0.508 e. The molecule has 39 heavy (non-hydrogen) atoms. The minimum Gasteiger partial charge on any atom is -0.508 e. The first-order valence-corrected chi connectivity index (χ1v) is 12.0. The van der Waals surface area contributed by atoms with E-state index < -0.39 is 66.4 Å². The number of nitrogens with one attached hydrogen (secondary N) is 3. The van der Waals surface area contributed by atoms with Crippen LogP contribution in [0.1, 0.15) is 24.5 Å². The molecule has 0 saturated heterocycles. The zero-order valence-corrected chi connectivity index (χ0v) is 21.1. The molecule has 13 heteroatoms. The first-order valence-electron chi connectivity index (χ1n) is 12.0. The summed E-state index contributed by atoms with van der Waals surface area (Å²) in [5.41, 5.74) is 6.77. The Morgan fingerprint density at radius 2 is 1.23 bits per heavy atom. The highest BCUT2D eigenvalue weighted by Gasteiger charge is 2.32. The second kappa shape index (κ2) is 14.4. The lowest BCUT2D eigenvalue weighted by Crippen LogP contribution is -2.59. The van der Waals surface area contributed by atoms with Crippen molar-refractivity contribution in [2.75, 3.05) is 0 Å². The number of amides is 3. The first-order chi connectivity index (χ1) is 18.4. The SMILES string of the molecule is CC(O)C(N)C(=O)NC(Cc1ccccc1)C(=O)NC(CC(=O)O)C(=O)NC(Cc1ccc(O)cc1)C(=O)O. The van der Waals surface area contributed by atoms with E-state index in [0.29, 0.717) is 11.1 Å². The van der Waals surface area contributed by atoms with E-state index in [0.717, 1.165) is 0 Å². The van der Waals surface area contributed by atoms with Gasteiger partial charge in [0.05, 0.1) is 12.5 Å². The standard InChI is InChI=1S/C26H32N4O9/c1-14(31)22(27)25(37)29-18(11-15-5-3-2-4-6-15)23(35)28-19(13-21(33)34)24(36)30-20(26(38)39)12-16-7-9-17(32)10-8-16/h2-10,14,18-20,22,31-32H,11-13,27H2,1H3,(H,28,35)(H,29,37)(H,30,36)(H,33,34)(H,38,39). The van der Waals surface area contributed by atoms with E-state index >= 15 is 0 Å². The summed E-state index contributed by atoms with van der Waals surface area (Å²) in [6.07, 6.45) is -2.33. The van der Waals surface area contributed by atoms with E-state index in [1.54, 1.807) is 30.3 Å². The maximum absolute atomic E-state index is 13.2. The topological polar surface area (TPSA) is 228 Å². The van der Waals surface area contributed by atoms with Crippen molar-refractivity contribution in [2.24, 2.45) is 5.73 Å². The number of phenols is 1. The minimum atomic E-state index is -1.68. The number of aliphatic carboxylic acids is 2. The second-order valence-electron chi connectivity index (χ2n) is 8.95. The van der Waals surface area contributed by atoms with Crippen molar-refractivity contribution in [1.82, 2.24) is 16.0 Å². The smallest absolute Gasteiger partial charge is 0.326 e. The highest BCUT2D eigenvalue weighted by Crippen LogP contribution is 2.12. The molecule has 5 unspecified atom stereocenters. The Morgan fingerprint density at radius 1 is 0.744 bits per heavy atom. The van der Waals surface area contributed by atoms with Gasteiger partial charge in [0.25, 0.3) is 0 Å². The van der Waals surface area contributed by atoms with Gasteiger partial charge in [-0.1, -0.05) is 42.5 Å². The average Bonchev–Trinajstić information content (AvgIpc) is 2.88. The lowest BCUT2D eigenvalue weighted by Gasteiger charge is -2.25. The molecule has 0 aliphatic carbocycles. The van der Waals surface area contributed by atoms with Crippen molar-refractivity contribution in [3.05, 3.63) is 65.7 Å². The summed E-state index contributed by atoms with van der Waals surface area (Å²) in [6.45, 7) is 1.29. The van der Waals surface area contributed by atoms with Crippen molar-refractivity contribution < 1.29 is 44.4 Å². The molecule has 0 spiro atoms. The minimum absolute atomic E-state index is 0.0366. The van der Waals surface area contributed by atoms with Crippen molar-refractivity contribution >= 4 is 29.7 Å². The number of benzene rings is 2. The third-order valence-electron chi connectivity index (χ3n) is 5.74. The van der Waals surface area contributed by atoms with Crippen LogP contribution in [-0.4, -0.2) is 80.4 Å². The number of phenolic OH excluding ortho intramolecular Hbond substituents is 1. The molecule has 0 fully saturated rings. The van der Waals surface area contributed by atoms with Gasteiger partial charge in [-0.25, -0.2) is 4.79 Å². The van der Waals surface area contributed by atoms with Crippen LogP contribution in [0, 0.1) is 0 Å². The molecule has 210 valence electrons. The van der Waals surface area contributed by atoms with Gasteiger partial charge in [-0.2, -0.15) is 0 Å². The Balaban J connectivity index is 2.23. The van der Waals surface area contributed by atoms with Gasteiger partial charge in [0.1, 0.15) is 29.9 Å². The Kier molecular flexibility index (Phi) is 11.4. The van der Waals surface area contributed by atoms with Crippen molar-refractivity contribution in [2.45, 2.75) is 56.5 Å². The van der Waals surface area contributed by atoms with Crippen molar-refractivity contribution in [3.8, 4) is 5.75 Å². The van der Waals surface area contributed by atoms with Crippen LogP contribution in [0.2, 0.25) is 0 Å². The summed E-state index contributed by atoms with van der Waals surface area (Å²) in [6, 6.07) is 8.30. The Hall–Kier alpha value is -4.49. The maximum atomic E-state index is 13.2. The molecule has 2 rings (SSSR count). The Bertz CT molecular complexity index is 1160. The van der Waals surface area contributed by atoms with E-state index in [1.807, 2.05) is 0 Å². The number of nitrogens with two attached hydrogens (primary N) is 1. The quantitative estimate of drug-likeness (QED) is 0.143. The Morgan fingerprint density at radius 3 is 1.77 bits per heavy atom. The molecule has 13 nitrogen and oxygen atoms in total. The number of carboxylic acid groups (broad SMARTS) is 2. The normalized spacial score (nSPS) is 14.6. The molecule has 2 aromatic carbocycles. The monoisotopic (exact) mass is 544 g/mol. The lowest BCUT2D eigenvalue weighted by atomic mass is 10.0. The van der Waals surface area contributed by atoms with Crippen LogP contribution in [0.5, 0.6) is 5.75 Å². The van der Waals surface area contributed by atoms with Crippen molar-refractivity contribution in [1.29, 1.82) is 0 Å². The van der Waals surface area contributed by atoms with E-state index in [-0.39, 0.29) is 18.6 Å². The molecular formula is C26H32N4O9. The maximum Gasteiger partial charge on any atom is 0.326 e. The van der Waals surface area contributed by atoms with Gasteiger partial charge in [0, 0.05) is 12.8 Å². The summed E-state index contributed by atoms with van der Waals surface area (Å²) >= 11 is 0. The highest BCUT2D eigenvalue weighted by molar-refractivity contribution is 5.95. The number of carbonyl (C=O) groups is 5. The third kappa shape index (κ3) is 10.1. The number of carboxylic acids is 2. The fourth-order valence-corrected chi connectivity index (χ4v) is 3.54. The van der Waals surface area contributed by atoms with Gasteiger partial charge >= 0.3 is 11.9 Å². The molecule has 5 atom stereocenters. The summed E-state index contributed by atoms with van der Waals surface area (Å²) in [5.74, 6) is -5.72. The summed E-state index contributed by atoms with van der Waals surface area (Å²) in [4.78, 5) is 61.8. The molecule has 0 aromatic heterocycles. The van der Waals surface area contributed by atoms with Gasteiger partial charge in [-0.05, 0) is 30.2 Å². The van der Waals surface area contributed by atoms with Crippen LogP contribution in [0.15, 0.2) is 54.6 Å². The molecule has 0 heterocycles. The predicted molar refractivity (Wildman–Crippen MR) is 137 cm³/mol. The molecule has 0 aliphatic heterocycles. The summed E-state index contributed by atoms with van der Waals surface area (Å²) < 4.78 is 0. The van der Waals surface area contributed by atoms with Crippen LogP contribution in [-0.2, 0) is 36.8 Å². The summed E-state index contributed by atoms with van der Waals surface area (Å²) in [7, 11) is 0. The van der Waals surface area contributed by atoms with Gasteiger partial charge in [-0.15, -0.1) is 0 Å². The van der Waals surface area contributed by atoms with Gasteiger partial charge in [-0.3, -0.25) is 19.2 Å². The van der Waals surface area contributed by atoms with Gasteiger partial charge < -0.3 is 42.1 Å². The third-order valence-corrected chi connectivity index (χ3v) is 5.74. The van der Waals surface area contributed by atoms with Gasteiger partial charge in [0.15, 0.2) is 0 Å². The fourth-order valence-electron chi connectivity index (χ4n) is 3.54. The Labute approximate surface area is 224 Å². The van der Waals surface area contributed by atoms with Crippen LogP contribution in [0.4, 0.5) is 0 Å². The van der Waals surface area contributed by atoms with Crippen LogP contribution in [0.3, 0.4) is 0 Å². The molecule has 0 saturated carbocycles. The number of aromatic hydroxyl groups is 1. The molecule has 0 radical (unpaired) electrons. The number of rotatable bonds is 14. The number of carbonyl (C=O) groups excluding carboxylic acids is 3. The zero-order valence-electron chi connectivity index (χ0n) is 21.1.